The van der Waals surface area contributed by atoms with E-state index in [0.29, 0.717) is 0 Å². The lowest BCUT2D eigenvalue weighted by Gasteiger charge is -2.20. The highest BCUT2D eigenvalue weighted by Crippen LogP contribution is 2.13. The second kappa shape index (κ2) is 6.20. The molecule has 0 unspecified atom stereocenters. The molecule has 0 aromatic carbocycles. The van der Waals surface area contributed by atoms with E-state index in [1.807, 2.05) is 0 Å². The maximum Gasteiger partial charge on any atom is 0.490 e. The molecule has 0 spiro atoms. The average Bonchev–Trinajstić information content (AvgIpc) is 2.17. The zero-order valence-corrected chi connectivity index (χ0v) is 9.94. The maximum absolute atomic E-state index is 11.0. The Bertz CT molecular complexity index is 346. The minimum Gasteiger partial charge on any atom is -0.475 e. The zero-order chi connectivity index (χ0) is 13.7. The van der Waals surface area contributed by atoms with Crippen molar-refractivity contribution in [3.63, 3.8) is 0 Å². The van der Waals surface area contributed by atoms with Crippen LogP contribution in [-0.2, 0) is 14.6 Å². The molecule has 0 aromatic rings. The molecule has 1 rings (SSSR count). The van der Waals surface area contributed by atoms with E-state index in [0.717, 1.165) is 25.9 Å². The molecule has 2 N–H and O–H groups in total. The fourth-order valence-corrected chi connectivity index (χ4v) is 2.32. The predicted octanol–water partition coefficient (Wildman–Crippen LogP) is 0.416. The van der Waals surface area contributed by atoms with Crippen LogP contribution in [0.25, 0.3) is 0 Å². The van der Waals surface area contributed by atoms with E-state index >= 15 is 0 Å². The summed E-state index contributed by atoms with van der Waals surface area (Å²) in [6.45, 7) is 1.69. The topological polar surface area (TPSA) is 83.5 Å². The number of carboxylic acids is 1. The van der Waals surface area contributed by atoms with Gasteiger partial charge in [-0.25, -0.2) is 13.2 Å². The Morgan fingerprint density at radius 1 is 1.29 bits per heavy atom. The van der Waals surface area contributed by atoms with Gasteiger partial charge in [0.15, 0.2) is 0 Å². The number of carboxylic acid groups (broad SMARTS) is 1. The number of nitrogens with one attached hydrogen (secondary N) is 1. The largest absolute Gasteiger partial charge is 0.490 e. The summed E-state index contributed by atoms with van der Waals surface area (Å²) in [6, 6.07) is 0. The van der Waals surface area contributed by atoms with Crippen LogP contribution in [0.15, 0.2) is 0 Å². The molecule has 1 heterocycles. The van der Waals surface area contributed by atoms with E-state index in [-0.39, 0.29) is 5.25 Å². The third-order valence-corrected chi connectivity index (χ3v) is 3.82. The van der Waals surface area contributed by atoms with Crippen molar-refractivity contribution in [1.29, 1.82) is 0 Å². The number of hydrogen-bond donors (Lipinski definition) is 2. The molecule has 5 nitrogen and oxygen atoms in total. The van der Waals surface area contributed by atoms with Crippen LogP contribution in [0.5, 0.6) is 0 Å². The van der Waals surface area contributed by atoms with Crippen molar-refractivity contribution in [3.05, 3.63) is 0 Å². The fraction of sp³-hybridized carbons (Fsp3) is 0.875. The van der Waals surface area contributed by atoms with Crippen molar-refractivity contribution >= 4 is 15.8 Å². The van der Waals surface area contributed by atoms with Gasteiger partial charge in [0.25, 0.3) is 0 Å². The van der Waals surface area contributed by atoms with Crippen LogP contribution in [-0.4, -0.2) is 50.3 Å². The van der Waals surface area contributed by atoms with E-state index < -0.39 is 22.0 Å². The van der Waals surface area contributed by atoms with Crippen LogP contribution in [0, 0.1) is 0 Å². The van der Waals surface area contributed by atoms with Crippen LogP contribution in [0.1, 0.15) is 12.8 Å². The Balaban J connectivity index is 0.000000325. The fourth-order valence-electron chi connectivity index (χ4n) is 1.22. The second-order valence-corrected chi connectivity index (χ2v) is 5.91. The van der Waals surface area contributed by atoms with Gasteiger partial charge in [-0.2, -0.15) is 13.2 Å². The predicted molar refractivity (Wildman–Crippen MR) is 54.4 cm³/mol. The van der Waals surface area contributed by atoms with Gasteiger partial charge in [-0.1, -0.05) is 0 Å². The molecule has 9 heteroatoms. The highest BCUT2D eigenvalue weighted by molar-refractivity contribution is 7.91. The van der Waals surface area contributed by atoms with E-state index in [1.54, 1.807) is 0 Å². The molecule has 1 aliphatic rings. The Labute approximate surface area is 96.9 Å². The molecular formula is C8H14F3NO4S. The summed E-state index contributed by atoms with van der Waals surface area (Å²) in [5.41, 5.74) is 0. The molecule has 0 bridgehead atoms. The Morgan fingerprint density at radius 2 is 1.65 bits per heavy atom. The number of sulfone groups is 1. The van der Waals surface area contributed by atoms with Crippen LogP contribution in [0.3, 0.4) is 0 Å². The summed E-state index contributed by atoms with van der Waals surface area (Å²) < 4.78 is 53.7. The van der Waals surface area contributed by atoms with Crippen LogP contribution >= 0.6 is 0 Å². The third kappa shape index (κ3) is 7.16. The van der Waals surface area contributed by atoms with Crippen molar-refractivity contribution in [2.24, 2.45) is 0 Å². The second-order valence-electron chi connectivity index (χ2n) is 3.58. The summed E-state index contributed by atoms with van der Waals surface area (Å²) in [5.74, 6) is -2.76. The van der Waals surface area contributed by atoms with Gasteiger partial charge in [0, 0.05) is 6.26 Å². The molecule has 0 saturated carbocycles. The zero-order valence-electron chi connectivity index (χ0n) is 9.12. The third-order valence-electron chi connectivity index (χ3n) is 2.13. The van der Waals surface area contributed by atoms with E-state index in [9.17, 15) is 21.6 Å². The van der Waals surface area contributed by atoms with Gasteiger partial charge in [-0.05, 0) is 25.9 Å². The number of aliphatic carboxylic acids is 1. The van der Waals surface area contributed by atoms with E-state index in [1.165, 1.54) is 6.26 Å². The lowest BCUT2D eigenvalue weighted by atomic mass is 10.2. The van der Waals surface area contributed by atoms with Gasteiger partial charge in [0.1, 0.15) is 9.84 Å². The first-order valence-electron chi connectivity index (χ1n) is 4.75. The highest BCUT2D eigenvalue weighted by atomic mass is 32.2. The summed E-state index contributed by atoms with van der Waals surface area (Å²) in [7, 11) is -2.77. The Hall–Kier alpha value is -0.830. The lowest BCUT2D eigenvalue weighted by Crippen LogP contribution is -2.35. The van der Waals surface area contributed by atoms with Gasteiger partial charge < -0.3 is 10.4 Å². The Kier molecular flexibility index (Phi) is 5.89. The van der Waals surface area contributed by atoms with Gasteiger partial charge >= 0.3 is 12.1 Å². The molecule has 0 amide bonds. The molecule has 0 atom stereocenters. The standard InChI is InChI=1S/C6H13NO2S.C2HF3O2/c1-10(8,9)6-2-4-7-5-3-6;3-2(4,5)1(6)7/h6-7H,2-5H2,1H3;(H,6,7). The van der Waals surface area contributed by atoms with Crippen molar-refractivity contribution in [2.45, 2.75) is 24.3 Å². The van der Waals surface area contributed by atoms with Crippen molar-refractivity contribution in [3.8, 4) is 0 Å². The first-order valence-corrected chi connectivity index (χ1v) is 6.70. The molecule has 0 radical (unpaired) electrons. The monoisotopic (exact) mass is 277 g/mol. The van der Waals surface area contributed by atoms with Crippen LogP contribution < -0.4 is 5.32 Å². The normalized spacial score (nSPS) is 18.1. The molecule has 1 fully saturated rings. The van der Waals surface area contributed by atoms with Gasteiger partial charge in [-0.15, -0.1) is 0 Å². The number of carbonyl (C=O) groups is 1. The van der Waals surface area contributed by atoms with Gasteiger partial charge in [-0.3, -0.25) is 0 Å². The summed E-state index contributed by atoms with van der Waals surface area (Å²) in [4.78, 5) is 8.90. The van der Waals surface area contributed by atoms with Crippen molar-refractivity contribution < 1.29 is 31.5 Å². The van der Waals surface area contributed by atoms with E-state index in [2.05, 4.69) is 5.32 Å². The highest BCUT2D eigenvalue weighted by Gasteiger charge is 2.38. The summed E-state index contributed by atoms with van der Waals surface area (Å²) >= 11 is 0. The minimum absolute atomic E-state index is 0.0891. The SMILES string of the molecule is CS(=O)(=O)C1CCNCC1.O=C(O)C(F)(F)F. The Morgan fingerprint density at radius 3 is 1.82 bits per heavy atom. The first kappa shape index (κ1) is 16.2. The lowest BCUT2D eigenvalue weighted by molar-refractivity contribution is -0.192. The molecular weight excluding hydrogens is 263 g/mol. The van der Waals surface area contributed by atoms with Crippen molar-refractivity contribution in [2.75, 3.05) is 19.3 Å². The molecule has 102 valence electrons. The number of halogens is 3. The molecule has 1 aliphatic heterocycles. The number of hydrogen-bond acceptors (Lipinski definition) is 4. The molecule has 0 aliphatic carbocycles. The first-order chi connectivity index (χ1) is 7.55. The number of piperidine rings is 1. The smallest absolute Gasteiger partial charge is 0.475 e. The van der Waals surface area contributed by atoms with Gasteiger partial charge in [0.2, 0.25) is 0 Å². The molecule has 0 aromatic heterocycles. The maximum atomic E-state index is 11.0. The average molecular weight is 277 g/mol. The number of alkyl halides is 3. The van der Waals surface area contributed by atoms with E-state index in [4.69, 9.17) is 9.90 Å². The number of rotatable bonds is 1. The van der Waals surface area contributed by atoms with Crippen LogP contribution in [0.4, 0.5) is 13.2 Å². The minimum atomic E-state index is -5.08. The quantitative estimate of drug-likeness (QED) is 0.725. The summed E-state index contributed by atoms with van der Waals surface area (Å²) in [5, 5.41) is 10.2. The molecule has 17 heavy (non-hydrogen) atoms. The molecule has 1 saturated heterocycles. The summed E-state index contributed by atoms with van der Waals surface area (Å²) in [6.07, 6.45) is -2.21. The van der Waals surface area contributed by atoms with Crippen molar-refractivity contribution in [1.82, 2.24) is 5.32 Å². The van der Waals surface area contributed by atoms with Crippen LogP contribution in [0.2, 0.25) is 0 Å². The van der Waals surface area contributed by atoms with Gasteiger partial charge in [0.05, 0.1) is 5.25 Å².